The van der Waals surface area contributed by atoms with Crippen molar-refractivity contribution in [1.29, 1.82) is 0 Å². The summed E-state index contributed by atoms with van der Waals surface area (Å²) in [6.45, 7) is 13.9. The van der Waals surface area contributed by atoms with Crippen LogP contribution in [0.15, 0.2) is 0 Å². The van der Waals surface area contributed by atoms with Crippen molar-refractivity contribution in [2.75, 3.05) is 11.5 Å². The first kappa shape index (κ1) is 17.4. The summed E-state index contributed by atoms with van der Waals surface area (Å²) in [4.78, 5) is 12.4. The van der Waals surface area contributed by atoms with E-state index in [2.05, 4.69) is 64.3 Å². The van der Waals surface area contributed by atoms with Crippen molar-refractivity contribution in [3.63, 3.8) is 0 Å². The lowest BCUT2D eigenvalue weighted by Crippen LogP contribution is -2.54. The minimum atomic E-state index is -1.86. The van der Waals surface area contributed by atoms with Gasteiger partial charge < -0.3 is 4.43 Å². The second kappa shape index (κ2) is 5.27. The molecule has 0 radical (unpaired) electrons. The van der Waals surface area contributed by atoms with E-state index in [0.717, 1.165) is 12.8 Å². The molecule has 2 nitrogen and oxygen atoms in total. The standard InChI is InChI=1S/C17H30O2S2Si/c1-15(2,3)22(5,6)19-14-13-12(18)10-16(13,4)11-17(14)20-8-7-9-21-17/h13-14H,7-11H2,1-6H3/t13-,14+,16+/m1/s1. The molecular formula is C17H30O2S2Si. The lowest BCUT2D eigenvalue weighted by molar-refractivity contribution is -0.143. The Kier molecular flexibility index (Phi) is 4.16. The Bertz CT molecular complexity index is 480. The van der Waals surface area contributed by atoms with Crippen molar-refractivity contribution < 1.29 is 9.22 Å². The highest BCUT2D eigenvalue weighted by Gasteiger charge is 2.69. The number of ketones is 1. The van der Waals surface area contributed by atoms with Gasteiger partial charge in [-0.15, -0.1) is 23.5 Å². The molecule has 0 aromatic carbocycles. The number of carbonyl (C=O) groups excluding carboxylic acids is 1. The van der Waals surface area contributed by atoms with Crippen LogP contribution in [0.1, 0.15) is 47.0 Å². The van der Waals surface area contributed by atoms with Crippen LogP contribution in [0.5, 0.6) is 0 Å². The smallest absolute Gasteiger partial charge is 0.192 e. The minimum absolute atomic E-state index is 0.134. The van der Waals surface area contributed by atoms with Crippen LogP contribution in [-0.2, 0) is 9.22 Å². The van der Waals surface area contributed by atoms with Gasteiger partial charge in [-0.25, -0.2) is 0 Å². The van der Waals surface area contributed by atoms with E-state index in [1.807, 2.05) is 0 Å². The Morgan fingerprint density at radius 2 is 1.82 bits per heavy atom. The summed E-state index contributed by atoms with van der Waals surface area (Å²) in [7, 11) is -1.86. The van der Waals surface area contributed by atoms with Gasteiger partial charge in [0.05, 0.1) is 16.1 Å². The van der Waals surface area contributed by atoms with Gasteiger partial charge >= 0.3 is 0 Å². The zero-order valence-corrected chi connectivity index (χ0v) is 17.5. The molecule has 3 fully saturated rings. The highest BCUT2D eigenvalue weighted by Crippen LogP contribution is 2.68. The Labute approximate surface area is 145 Å². The van der Waals surface area contributed by atoms with Gasteiger partial charge in [-0.1, -0.05) is 27.7 Å². The predicted molar refractivity (Wildman–Crippen MR) is 100 cm³/mol. The fraction of sp³-hybridized carbons (Fsp3) is 0.941. The maximum absolute atomic E-state index is 12.4. The summed E-state index contributed by atoms with van der Waals surface area (Å²) in [5.41, 5.74) is 0.196. The minimum Gasteiger partial charge on any atom is -0.411 e. The molecule has 3 atom stereocenters. The van der Waals surface area contributed by atoms with Crippen molar-refractivity contribution in [3.05, 3.63) is 0 Å². The fourth-order valence-corrected chi connectivity index (χ4v) is 9.35. The van der Waals surface area contributed by atoms with Crippen LogP contribution in [0.4, 0.5) is 0 Å². The molecule has 3 aliphatic rings. The average Bonchev–Trinajstić information content (AvgIpc) is 2.53. The number of fused-ring (bicyclic) bond motifs is 1. The van der Waals surface area contributed by atoms with E-state index in [9.17, 15) is 4.79 Å². The first-order chi connectivity index (χ1) is 10.0. The Morgan fingerprint density at radius 1 is 1.23 bits per heavy atom. The molecule has 3 rings (SSSR count). The highest BCUT2D eigenvalue weighted by atomic mass is 32.2. The predicted octanol–water partition coefficient (Wildman–Crippen LogP) is 4.94. The molecule has 126 valence electrons. The third-order valence-electron chi connectivity index (χ3n) is 6.27. The molecule has 1 saturated heterocycles. The number of Topliss-reactive ketones (excluding diaryl/α,β-unsaturated/α-hetero) is 1. The molecule has 0 aromatic rings. The quantitative estimate of drug-likeness (QED) is 0.653. The normalized spacial score (nSPS) is 38.0. The summed E-state index contributed by atoms with van der Waals surface area (Å²) in [5.74, 6) is 3.05. The van der Waals surface area contributed by atoms with Crippen LogP contribution >= 0.6 is 23.5 Å². The molecule has 0 unspecified atom stereocenters. The van der Waals surface area contributed by atoms with E-state index in [0.29, 0.717) is 5.78 Å². The molecule has 2 saturated carbocycles. The molecule has 1 heterocycles. The van der Waals surface area contributed by atoms with E-state index in [4.69, 9.17) is 4.43 Å². The number of rotatable bonds is 2. The average molecular weight is 359 g/mol. The molecule has 22 heavy (non-hydrogen) atoms. The second-order valence-electron chi connectivity index (χ2n) is 9.11. The number of hydrogen-bond donors (Lipinski definition) is 0. The van der Waals surface area contributed by atoms with Gasteiger partial charge in [0.2, 0.25) is 0 Å². The van der Waals surface area contributed by atoms with Gasteiger partial charge in [0.15, 0.2) is 8.32 Å². The maximum atomic E-state index is 12.4. The number of hydrogen-bond acceptors (Lipinski definition) is 4. The van der Waals surface area contributed by atoms with Gasteiger partial charge in [0.1, 0.15) is 5.78 Å². The Morgan fingerprint density at radius 3 is 2.32 bits per heavy atom. The second-order valence-corrected chi connectivity index (χ2v) is 17.0. The summed E-state index contributed by atoms with van der Waals surface area (Å²) >= 11 is 4.18. The van der Waals surface area contributed by atoms with Crippen molar-refractivity contribution in [1.82, 2.24) is 0 Å². The van der Waals surface area contributed by atoms with E-state index in [1.54, 1.807) is 0 Å². The van der Waals surface area contributed by atoms with E-state index < -0.39 is 8.32 Å². The van der Waals surface area contributed by atoms with Crippen LogP contribution in [0, 0.1) is 11.3 Å². The maximum Gasteiger partial charge on any atom is 0.192 e. The van der Waals surface area contributed by atoms with Gasteiger partial charge in [-0.3, -0.25) is 4.79 Å². The lowest BCUT2D eigenvalue weighted by Gasteiger charge is -2.47. The summed E-state index contributed by atoms with van der Waals surface area (Å²) < 4.78 is 7.04. The first-order valence-electron chi connectivity index (χ1n) is 8.49. The van der Waals surface area contributed by atoms with E-state index in [-0.39, 0.29) is 26.6 Å². The van der Waals surface area contributed by atoms with Gasteiger partial charge in [0, 0.05) is 6.42 Å². The van der Waals surface area contributed by atoms with Crippen molar-refractivity contribution >= 4 is 37.6 Å². The topological polar surface area (TPSA) is 26.3 Å². The molecule has 5 heteroatoms. The van der Waals surface area contributed by atoms with Gasteiger partial charge in [-0.2, -0.15) is 0 Å². The molecular weight excluding hydrogens is 328 g/mol. The van der Waals surface area contributed by atoms with Crippen molar-refractivity contribution in [2.24, 2.45) is 11.3 Å². The summed E-state index contributed by atoms with van der Waals surface area (Å²) in [5, 5.41) is 0.198. The van der Waals surface area contributed by atoms with Crippen LogP contribution < -0.4 is 0 Å². The largest absolute Gasteiger partial charge is 0.411 e. The molecule has 2 aliphatic carbocycles. The first-order valence-corrected chi connectivity index (χ1v) is 13.4. The third kappa shape index (κ3) is 2.54. The molecule has 0 bridgehead atoms. The number of carbonyl (C=O) groups is 1. The molecule has 1 spiro atoms. The van der Waals surface area contributed by atoms with Crippen LogP contribution in [0.2, 0.25) is 18.1 Å². The van der Waals surface area contributed by atoms with E-state index in [1.165, 1.54) is 17.9 Å². The van der Waals surface area contributed by atoms with Crippen molar-refractivity contribution in [3.8, 4) is 0 Å². The van der Waals surface area contributed by atoms with Crippen LogP contribution in [0.3, 0.4) is 0 Å². The molecule has 0 aromatic heterocycles. The van der Waals surface area contributed by atoms with Gasteiger partial charge in [-0.05, 0) is 47.9 Å². The highest BCUT2D eigenvalue weighted by molar-refractivity contribution is 8.18. The lowest BCUT2D eigenvalue weighted by atomic mass is 9.62. The fourth-order valence-electron chi connectivity index (χ4n) is 4.01. The van der Waals surface area contributed by atoms with Crippen molar-refractivity contribution in [2.45, 2.75) is 75.3 Å². The number of thioether (sulfide) groups is 2. The van der Waals surface area contributed by atoms with E-state index >= 15 is 0 Å². The Hall–Kier alpha value is 0.547. The molecule has 1 aliphatic heterocycles. The molecule has 0 amide bonds. The third-order valence-corrected chi connectivity index (χ3v) is 14.2. The van der Waals surface area contributed by atoms with Crippen LogP contribution in [0.25, 0.3) is 0 Å². The zero-order valence-electron chi connectivity index (χ0n) is 14.8. The summed E-state index contributed by atoms with van der Waals surface area (Å²) in [6, 6.07) is 0. The zero-order chi connectivity index (χ0) is 16.4. The monoisotopic (exact) mass is 358 g/mol. The molecule has 0 N–H and O–H groups in total. The Balaban J connectivity index is 1.92. The summed E-state index contributed by atoms with van der Waals surface area (Å²) in [6.07, 6.45) is 3.36. The SMILES string of the molecule is CC(C)(C)[Si](C)(C)O[C@H]1[C@H]2C(=O)C[C@@]2(C)CC12SCCCS2. The van der Waals surface area contributed by atoms with Gasteiger partial charge in [0.25, 0.3) is 0 Å². The van der Waals surface area contributed by atoms with Crippen LogP contribution in [-0.4, -0.2) is 35.8 Å².